The smallest absolute Gasteiger partial charge is 0.150 e. The Morgan fingerprint density at radius 3 is 2.10 bits per heavy atom. The van der Waals surface area contributed by atoms with Gasteiger partial charge in [0, 0.05) is 5.92 Å². The Kier molecular flexibility index (Phi) is 7.46. The summed E-state index contributed by atoms with van der Waals surface area (Å²) in [5.74, 6) is -0.0823. The Morgan fingerprint density at radius 2 is 1.52 bits per heavy atom. The number of isothiocyanates is 1. The summed E-state index contributed by atoms with van der Waals surface area (Å²) in [7, 11) is 0. The lowest BCUT2D eigenvalue weighted by atomic mass is 9.91. The van der Waals surface area contributed by atoms with Crippen LogP contribution in [0.5, 0.6) is 0 Å². The van der Waals surface area contributed by atoms with Crippen LogP contribution in [0.15, 0.2) is 71.7 Å². The van der Waals surface area contributed by atoms with Gasteiger partial charge in [0.25, 0.3) is 0 Å². The number of unbranched alkanes of at least 4 members (excludes halogenated alkanes) is 2. The van der Waals surface area contributed by atoms with E-state index in [9.17, 15) is 4.39 Å². The van der Waals surface area contributed by atoms with E-state index in [1.807, 2.05) is 18.2 Å². The van der Waals surface area contributed by atoms with E-state index in [-0.39, 0.29) is 5.69 Å². The van der Waals surface area contributed by atoms with E-state index in [0.29, 0.717) is 5.92 Å². The molecule has 0 saturated carbocycles. The molecule has 3 heteroatoms. The summed E-state index contributed by atoms with van der Waals surface area (Å²) in [5, 5.41) is 2.20. The van der Waals surface area contributed by atoms with Crippen LogP contribution >= 0.6 is 12.2 Å². The predicted molar refractivity (Wildman–Crippen MR) is 124 cm³/mol. The van der Waals surface area contributed by atoms with Crippen LogP contribution in [0.2, 0.25) is 0 Å². The normalized spacial score (nSPS) is 11.7. The minimum absolute atomic E-state index is 0.215. The van der Waals surface area contributed by atoms with Gasteiger partial charge in [-0.25, -0.2) is 4.39 Å². The minimum atomic E-state index is -0.392. The third kappa shape index (κ3) is 5.47. The Labute approximate surface area is 178 Å². The molecule has 0 bridgehead atoms. The van der Waals surface area contributed by atoms with E-state index in [1.165, 1.54) is 42.0 Å². The summed E-state index contributed by atoms with van der Waals surface area (Å²) in [6, 6.07) is 22.3. The highest BCUT2D eigenvalue weighted by molar-refractivity contribution is 7.78. The van der Waals surface area contributed by atoms with Gasteiger partial charge >= 0.3 is 0 Å². The Bertz CT molecular complexity index is 986. The lowest BCUT2D eigenvalue weighted by molar-refractivity contribution is 0.630. The topological polar surface area (TPSA) is 12.4 Å². The quantitative estimate of drug-likeness (QED) is 0.210. The van der Waals surface area contributed by atoms with Crippen molar-refractivity contribution in [3.8, 4) is 11.1 Å². The molecule has 1 atom stereocenters. The van der Waals surface area contributed by atoms with Gasteiger partial charge in [0.15, 0.2) is 0 Å². The zero-order chi connectivity index (χ0) is 20.6. The average Bonchev–Trinajstić information content (AvgIpc) is 2.76. The van der Waals surface area contributed by atoms with E-state index in [2.05, 4.69) is 72.6 Å². The van der Waals surface area contributed by atoms with Gasteiger partial charge in [-0.3, -0.25) is 0 Å². The standard InChI is InChI=1S/C26H26FNS/c1-3-4-5-6-20-7-9-21(10-8-20)19(2)22-11-13-23(14-12-22)24-15-16-26(28-18-29)25(27)17-24/h7-17,19H,3-6H2,1-2H3. The van der Waals surface area contributed by atoms with Crippen LogP contribution in [-0.4, -0.2) is 5.16 Å². The van der Waals surface area contributed by atoms with Crippen LogP contribution in [0.4, 0.5) is 10.1 Å². The van der Waals surface area contributed by atoms with Crippen LogP contribution in [0.3, 0.4) is 0 Å². The highest BCUT2D eigenvalue weighted by Gasteiger charge is 2.10. The first kappa shape index (κ1) is 21.1. The number of thiocarbonyl (C=S) groups is 1. The molecule has 0 amide bonds. The fourth-order valence-electron chi connectivity index (χ4n) is 3.54. The number of benzene rings is 3. The summed E-state index contributed by atoms with van der Waals surface area (Å²) in [6.07, 6.45) is 4.95. The van der Waals surface area contributed by atoms with Gasteiger partial charge in [-0.1, -0.05) is 81.3 Å². The number of halogens is 1. The second kappa shape index (κ2) is 10.2. The molecule has 3 rings (SSSR count). The van der Waals surface area contributed by atoms with E-state index in [4.69, 9.17) is 0 Å². The zero-order valence-corrected chi connectivity index (χ0v) is 17.8. The first-order valence-electron chi connectivity index (χ1n) is 10.2. The largest absolute Gasteiger partial charge is 0.205 e. The maximum Gasteiger partial charge on any atom is 0.150 e. The minimum Gasteiger partial charge on any atom is -0.205 e. The van der Waals surface area contributed by atoms with Gasteiger partial charge in [0.2, 0.25) is 0 Å². The van der Waals surface area contributed by atoms with Gasteiger partial charge in [-0.15, -0.1) is 0 Å². The van der Waals surface area contributed by atoms with Crippen molar-refractivity contribution in [3.05, 3.63) is 89.2 Å². The number of rotatable bonds is 8. The predicted octanol–water partition coefficient (Wildman–Crippen LogP) is 8.11. The molecule has 0 aliphatic heterocycles. The molecule has 148 valence electrons. The van der Waals surface area contributed by atoms with Crippen molar-refractivity contribution in [2.24, 2.45) is 4.99 Å². The molecule has 1 unspecified atom stereocenters. The van der Waals surface area contributed by atoms with Crippen molar-refractivity contribution >= 4 is 23.1 Å². The summed E-state index contributed by atoms with van der Waals surface area (Å²) < 4.78 is 14.1. The van der Waals surface area contributed by atoms with Gasteiger partial charge in [0.1, 0.15) is 11.5 Å². The summed E-state index contributed by atoms with van der Waals surface area (Å²) in [5.41, 5.74) is 5.98. The van der Waals surface area contributed by atoms with Gasteiger partial charge in [0.05, 0.1) is 5.16 Å². The fourth-order valence-corrected chi connectivity index (χ4v) is 3.63. The SMILES string of the molecule is CCCCCc1ccc(C(C)c2ccc(-c3ccc(N=C=S)c(F)c3)cc2)cc1. The van der Waals surface area contributed by atoms with Crippen LogP contribution < -0.4 is 0 Å². The van der Waals surface area contributed by atoms with Crippen molar-refractivity contribution in [2.45, 2.75) is 45.4 Å². The highest BCUT2D eigenvalue weighted by atomic mass is 32.1. The van der Waals surface area contributed by atoms with Crippen LogP contribution in [0.25, 0.3) is 11.1 Å². The highest BCUT2D eigenvalue weighted by Crippen LogP contribution is 2.29. The van der Waals surface area contributed by atoms with Crippen molar-refractivity contribution in [1.29, 1.82) is 0 Å². The molecule has 0 spiro atoms. The Hall–Kier alpha value is -2.61. The summed E-state index contributed by atoms with van der Waals surface area (Å²) in [4.78, 5) is 3.73. The van der Waals surface area contributed by atoms with Crippen molar-refractivity contribution in [3.63, 3.8) is 0 Å². The van der Waals surface area contributed by atoms with Crippen molar-refractivity contribution in [1.82, 2.24) is 0 Å². The lowest BCUT2D eigenvalue weighted by Gasteiger charge is -2.14. The average molecular weight is 404 g/mol. The van der Waals surface area contributed by atoms with Crippen LogP contribution in [0, 0.1) is 5.82 Å². The number of aryl methyl sites for hydroxylation is 1. The molecule has 29 heavy (non-hydrogen) atoms. The molecule has 3 aromatic carbocycles. The Balaban J connectivity index is 1.72. The molecule has 0 aliphatic carbocycles. The monoisotopic (exact) mass is 403 g/mol. The molecule has 0 fully saturated rings. The lowest BCUT2D eigenvalue weighted by Crippen LogP contribution is -1.97. The molecule has 0 heterocycles. The molecule has 3 aromatic rings. The third-order valence-corrected chi connectivity index (χ3v) is 5.50. The van der Waals surface area contributed by atoms with E-state index in [0.717, 1.165) is 17.5 Å². The molecular formula is C26H26FNS. The maximum absolute atomic E-state index is 14.1. The first-order chi connectivity index (χ1) is 14.1. The number of hydrogen-bond donors (Lipinski definition) is 0. The molecule has 0 aliphatic rings. The summed E-state index contributed by atoms with van der Waals surface area (Å²) >= 11 is 4.55. The van der Waals surface area contributed by atoms with Crippen molar-refractivity contribution < 1.29 is 4.39 Å². The number of hydrogen-bond acceptors (Lipinski definition) is 2. The number of aliphatic imine (C=N–C) groups is 1. The second-order valence-corrected chi connectivity index (χ2v) is 7.59. The van der Waals surface area contributed by atoms with Crippen molar-refractivity contribution in [2.75, 3.05) is 0 Å². The molecular weight excluding hydrogens is 377 g/mol. The molecule has 0 radical (unpaired) electrons. The maximum atomic E-state index is 14.1. The first-order valence-corrected chi connectivity index (χ1v) is 10.6. The molecule has 1 nitrogen and oxygen atoms in total. The number of nitrogens with zero attached hydrogens (tertiary/aromatic N) is 1. The zero-order valence-electron chi connectivity index (χ0n) is 17.0. The van der Waals surface area contributed by atoms with E-state index < -0.39 is 5.82 Å². The molecule has 0 N–H and O–H groups in total. The van der Waals surface area contributed by atoms with E-state index in [1.54, 1.807) is 6.07 Å². The summed E-state index contributed by atoms with van der Waals surface area (Å²) in [6.45, 7) is 4.45. The van der Waals surface area contributed by atoms with Gasteiger partial charge in [-0.05, 0) is 65.0 Å². The van der Waals surface area contributed by atoms with E-state index >= 15 is 0 Å². The third-order valence-electron chi connectivity index (χ3n) is 5.41. The van der Waals surface area contributed by atoms with Gasteiger partial charge < -0.3 is 0 Å². The van der Waals surface area contributed by atoms with Crippen LogP contribution in [0.1, 0.15) is 55.7 Å². The van der Waals surface area contributed by atoms with Crippen LogP contribution in [-0.2, 0) is 6.42 Å². The molecule has 0 aromatic heterocycles. The molecule has 0 saturated heterocycles. The Morgan fingerprint density at radius 1 is 0.897 bits per heavy atom. The second-order valence-electron chi connectivity index (χ2n) is 7.41. The fraction of sp³-hybridized carbons (Fsp3) is 0.269. The van der Waals surface area contributed by atoms with Gasteiger partial charge in [-0.2, -0.15) is 4.99 Å².